The Morgan fingerprint density at radius 1 is 1.05 bits per heavy atom. The molecular formula is C30H30F2N2O3. The third kappa shape index (κ3) is 3.57. The first-order valence-electron chi connectivity index (χ1n) is 13.3. The summed E-state index contributed by atoms with van der Waals surface area (Å²) in [6.07, 6.45) is 7.59. The molecule has 0 bridgehead atoms. The normalized spacial score (nSPS) is 26.8. The Morgan fingerprint density at radius 2 is 1.84 bits per heavy atom. The number of hydrogen-bond acceptors (Lipinski definition) is 4. The van der Waals surface area contributed by atoms with E-state index in [2.05, 4.69) is 21.7 Å². The zero-order chi connectivity index (χ0) is 25.3. The Bertz CT molecular complexity index is 1440. The van der Waals surface area contributed by atoms with Gasteiger partial charge < -0.3 is 14.0 Å². The van der Waals surface area contributed by atoms with Crippen LogP contribution in [0.3, 0.4) is 0 Å². The van der Waals surface area contributed by atoms with Gasteiger partial charge in [-0.05, 0) is 90.8 Å². The van der Waals surface area contributed by atoms with E-state index in [4.69, 9.17) is 9.47 Å². The van der Waals surface area contributed by atoms with Crippen molar-refractivity contribution in [2.45, 2.75) is 56.9 Å². The second kappa shape index (κ2) is 8.48. The summed E-state index contributed by atoms with van der Waals surface area (Å²) in [6, 6.07) is 8.66. The van der Waals surface area contributed by atoms with E-state index < -0.39 is 11.6 Å². The van der Waals surface area contributed by atoms with Gasteiger partial charge in [0.15, 0.2) is 11.6 Å². The molecule has 0 unspecified atom stereocenters. The van der Waals surface area contributed by atoms with Gasteiger partial charge in [0, 0.05) is 48.2 Å². The molecule has 1 spiro atoms. The van der Waals surface area contributed by atoms with E-state index in [1.807, 2.05) is 6.21 Å². The monoisotopic (exact) mass is 504 g/mol. The van der Waals surface area contributed by atoms with Crippen molar-refractivity contribution in [3.05, 3.63) is 64.4 Å². The quantitative estimate of drug-likeness (QED) is 0.399. The number of aliphatic imine (C=N–C) groups is 1. The van der Waals surface area contributed by atoms with Crippen molar-refractivity contribution in [3.63, 3.8) is 0 Å². The molecule has 3 aromatic rings. The Kier molecular flexibility index (Phi) is 5.29. The summed E-state index contributed by atoms with van der Waals surface area (Å²) >= 11 is 0. The lowest BCUT2D eigenvalue weighted by atomic mass is 9.47. The largest absolute Gasteiger partial charge is 0.469 e. The fraction of sp³-hybridized carbons (Fsp3) is 0.467. The highest BCUT2D eigenvalue weighted by Gasteiger charge is 2.56. The number of hydrogen-bond donors (Lipinski definition) is 0. The molecule has 7 heteroatoms. The molecule has 1 saturated heterocycles. The molecule has 3 heterocycles. The minimum atomic E-state index is -0.841. The lowest BCUT2D eigenvalue weighted by molar-refractivity contribution is -0.159. The number of carbonyl (C=O) groups is 1. The van der Waals surface area contributed by atoms with Crippen LogP contribution in [0.1, 0.15) is 72.7 Å². The Balaban J connectivity index is 1.38. The number of esters is 1. The Hall–Kier alpha value is -3.06. The SMILES string of the molecule is COC(=O)C1CC2(C1)CC(c1c(C3CCOCC3)n(-c3ccc(F)c(F)c3)c3cc4c(cc13)CN=C4)C2. The molecule has 192 valence electrons. The van der Waals surface area contributed by atoms with Gasteiger partial charge >= 0.3 is 5.97 Å². The first kappa shape index (κ1) is 23.1. The number of carbonyl (C=O) groups excluding carboxylic acids is 1. The molecule has 37 heavy (non-hydrogen) atoms. The molecule has 7 rings (SSSR count). The maximum atomic E-state index is 14.5. The molecule has 2 saturated carbocycles. The summed E-state index contributed by atoms with van der Waals surface area (Å²) in [5, 5.41) is 1.19. The zero-order valence-corrected chi connectivity index (χ0v) is 20.9. The van der Waals surface area contributed by atoms with Crippen LogP contribution in [0.25, 0.3) is 16.6 Å². The molecule has 3 fully saturated rings. The Labute approximate surface area is 214 Å². The first-order chi connectivity index (χ1) is 18.0. The van der Waals surface area contributed by atoms with Crippen molar-refractivity contribution in [2.75, 3.05) is 20.3 Å². The van der Waals surface area contributed by atoms with Crippen molar-refractivity contribution in [1.82, 2.24) is 4.57 Å². The molecule has 5 nitrogen and oxygen atoms in total. The van der Waals surface area contributed by atoms with Crippen molar-refractivity contribution in [3.8, 4) is 5.69 Å². The van der Waals surface area contributed by atoms with Crippen LogP contribution in [-0.2, 0) is 20.8 Å². The van der Waals surface area contributed by atoms with E-state index in [1.165, 1.54) is 41.4 Å². The number of methoxy groups -OCH3 is 1. The summed E-state index contributed by atoms with van der Waals surface area (Å²) in [5.74, 6) is -1.12. The van der Waals surface area contributed by atoms with E-state index in [0.29, 0.717) is 31.4 Å². The number of ether oxygens (including phenoxy) is 2. The van der Waals surface area contributed by atoms with Crippen molar-refractivity contribution in [2.24, 2.45) is 16.3 Å². The average molecular weight is 505 g/mol. The third-order valence-electron chi connectivity index (χ3n) is 9.23. The summed E-state index contributed by atoms with van der Waals surface area (Å²) in [4.78, 5) is 16.5. The number of benzene rings is 2. The van der Waals surface area contributed by atoms with Gasteiger partial charge in [-0.1, -0.05) is 0 Å². The van der Waals surface area contributed by atoms with Gasteiger partial charge in [-0.15, -0.1) is 0 Å². The highest BCUT2D eigenvalue weighted by molar-refractivity contribution is 5.96. The van der Waals surface area contributed by atoms with Crippen LogP contribution in [-0.4, -0.2) is 37.1 Å². The number of aromatic nitrogens is 1. The summed E-state index contributed by atoms with van der Waals surface area (Å²) < 4.78 is 41.3. The fourth-order valence-corrected chi connectivity index (χ4v) is 7.48. The fourth-order valence-electron chi connectivity index (χ4n) is 7.48. The van der Waals surface area contributed by atoms with Crippen LogP contribution in [0.5, 0.6) is 0 Å². The van der Waals surface area contributed by atoms with Gasteiger partial charge in [0.05, 0.1) is 25.1 Å². The summed E-state index contributed by atoms with van der Waals surface area (Å²) in [7, 11) is 1.46. The van der Waals surface area contributed by atoms with E-state index in [0.717, 1.165) is 49.6 Å². The van der Waals surface area contributed by atoms with Gasteiger partial charge in [0.25, 0.3) is 0 Å². The smallest absolute Gasteiger partial charge is 0.308 e. The van der Waals surface area contributed by atoms with E-state index in [9.17, 15) is 13.6 Å². The molecule has 2 aromatic carbocycles. The average Bonchev–Trinajstić information content (AvgIpc) is 3.45. The highest BCUT2D eigenvalue weighted by atomic mass is 19.2. The lowest BCUT2D eigenvalue weighted by Crippen LogP contribution is -2.49. The standard InChI is InChI=1S/C30H30F2N2O3/c1-36-29(35)21-13-30(14-21)11-20(12-30)27-23-8-18-15-33-16-19(18)9-26(23)34(22-2-3-24(31)25(32)10-22)28(27)17-4-6-37-7-5-17/h2-3,8-10,16-17,20-21H,4-7,11-15H2,1H3. The molecule has 2 aliphatic carbocycles. The van der Waals surface area contributed by atoms with Crippen LogP contribution >= 0.6 is 0 Å². The van der Waals surface area contributed by atoms with E-state index >= 15 is 0 Å². The summed E-state index contributed by atoms with van der Waals surface area (Å²) in [6.45, 7) is 2.06. The molecule has 4 aliphatic rings. The maximum Gasteiger partial charge on any atom is 0.308 e. The number of rotatable bonds is 4. The second-order valence-corrected chi connectivity index (χ2v) is 11.4. The second-order valence-electron chi connectivity index (χ2n) is 11.4. The predicted molar refractivity (Wildman–Crippen MR) is 136 cm³/mol. The highest BCUT2D eigenvalue weighted by Crippen LogP contribution is 2.65. The van der Waals surface area contributed by atoms with Crippen LogP contribution in [0.15, 0.2) is 35.3 Å². The summed E-state index contributed by atoms with van der Waals surface area (Å²) in [5.41, 5.74) is 6.74. The molecule has 0 amide bonds. The lowest BCUT2D eigenvalue weighted by Gasteiger charge is -2.57. The minimum absolute atomic E-state index is 0.0184. The van der Waals surface area contributed by atoms with Crippen LogP contribution in [0.2, 0.25) is 0 Å². The van der Waals surface area contributed by atoms with Crippen LogP contribution < -0.4 is 0 Å². The van der Waals surface area contributed by atoms with Crippen LogP contribution in [0.4, 0.5) is 8.78 Å². The first-order valence-corrected chi connectivity index (χ1v) is 13.3. The van der Waals surface area contributed by atoms with Gasteiger partial charge in [-0.2, -0.15) is 0 Å². The third-order valence-corrected chi connectivity index (χ3v) is 9.23. The van der Waals surface area contributed by atoms with Crippen molar-refractivity contribution < 1.29 is 23.0 Å². The van der Waals surface area contributed by atoms with Crippen molar-refractivity contribution in [1.29, 1.82) is 0 Å². The topological polar surface area (TPSA) is 52.8 Å². The van der Waals surface area contributed by atoms with Crippen LogP contribution in [0, 0.1) is 23.0 Å². The van der Waals surface area contributed by atoms with Gasteiger partial charge in [0.1, 0.15) is 0 Å². The molecule has 0 atom stereocenters. The molecular weight excluding hydrogens is 474 g/mol. The number of nitrogens with zero attached hydrogens (tertiary/aromatic N) is 2. The number of fused-ring (bicyclic) bond motifs is 2. The van der Waals surface area contributed by atoms with Gasteiger partial charge in [-0.3, -0.25) is 9.79 Å². The number of halogens is 2. The molecule has 0 radical (unpaired) electrons. The van der Waals surface area contributed by atoms with E-state index in [1.54, 1.807) is 6.07 Å². The maximum absolute atomic E-state index is 14.5. The predicted octanol–water partition coefficient (Wildman–Crippen LogP) is 6.18. The van der Waals surface area contributed by atoms with E-state index in [-0.39, 0.29) is 23.2 Å². The van der Waals surface area contributed by atoms with Crippen molar-refractivity contribution >= 4 is 23.1 Å². The zero-order valence-electron chi connectivity index (χ0n) is 20.9. The van der Waals surface area contributed by atoms with Gasteiger partial charge in [-0.25, -0.2) is 8.78 Å². The molecule has 0 N–H and O–H groups in total. The Morgan fingerprint density at radius 3 is 2.57 bits per heavy atom. The van der Waals surface area contributed by atoms with Gasteiger partial charge in [0.2, 0.25) is 0 Å². The minimum Gasteiger partial charge on any atom is -0.469 e. The molecule has 2 aliphatic heterocycles. The molecule has 1 aromatic heterocycles.